The number of hydrogen-bond donors (Lipinski definition) is 1. The fourth-order valence-corrected chi connectivity index (χ4v) is 3.26. The molecule has 1 aromatic rings. The molecule has 1 aromatic carbocycles. The molecule has 0 amide bonds. The van der Waals surface area contributed by atoms with E-state index in [1.54, 1.807) is 6.07 Å². The Morgan fingerprint density at radius 1 is 1.20 bits per heavy atom. The van der Waals surface area contributed by atoms with Gasteiger partial charge in [-0.3, -0.25) is 4.90 Å². The molecular formula is C16H22ClFN2. The number of nitrogens with one attached hydrogen (secondary N) is 1. The third-order valence-corrected chi connectivity index (χ3v) is 4.71. The topological polar surface area (TPSA) is 15.3 Å². The minimum Gasteiger partial charge on any atom is -0.317 e. The van der Waals surface area contributed by atoms with Crippen LogP contribution in [0.3, 0.4) is 0 Å². The van der Waals surface area contributed by atoms with Gasteiger partial charge in [0.15, 0.2) is 0 Å². The Kier molecular flexibility index (Phi) is 4.59. The van der Waals surface area contributed by atoms with Gasteiger partial charge in [-0.05, 0) is 50.8 Å². The molecule has 20 heavy (non-hydrogen) atoms. The van der Waals surface area contributed by atoms with E-state index in [0.717, 1.165) is 31.1 Å². The van der Waals surface area contributed by atoms with Crippen molar-refractivity contribution in [3.63, 3.8) is 0 Å². The van der Waals surface area contributed by atoms with Gasteiger partial charge in [0.05, 0.1) is 5.02 Å². The molecule has 2 nitrogen and oxygen atoms in total. The fraction of sp³-hybridized carbons (Fsp3) is 0.625. The van der Waals surface area contributed by atoms with E-state index in [1.165, 1.54) is 25.7 Å². The predicted molar refractivity (Wildman–Crippen MR) is 80.4 cm³/mol. The van der Waals surface area contributed by atoms with Crippen LogP contribution in [-0.4, -0.2) is 30.6 Å². The number of benzene rings is 1. The first-order valence-electron chi connectivity index (χ1n) is 7.61. The summed E-state index contributed by atoms with van der Waals surface area (Å²) in [4.78, 5) is 2.46. The standard InChI is InChI=1S/C16H22ClFN2/c17-15-3-1-2-13(16(15)18)11-20(14-4-5-14)10-12-6-8-19-9-7-12/h1-3,12,14,19H,4-11H2. The zero-order valence-corrected chi connectivity index (χ0v) is 12.5. The van der Waals surface area contributed by atoms with Crippen LogP contribution >= 0.6 is 11.6 Å². The molecule has 0 bridgehead atoms. The normalized spacial score (nSPS) is 20.6. The van der Waals surface area contributed by atoms with Crippen LogP contribution in [0.1, 0.15) is 31.2 Å². The zero-order valence-electron chi connectivity index (χ0n) is 11.7. The molecule has 0 unspecified atom stereocenters. The monoisotopic (exact) mass is 296 g/mol. The first kappa shape index (κ1) is 14.3. The summed E-state index contributed by atoms with van der Waals surface area (Å²) in [6.07, 6.45) is 4.99. The third-order valence-electron chi connectivity index (χ3n) is 4.42. The summed E-state index contributed by atoms with van der Waals surface area (Å²) in [7, 11) is 0. The summed E-state index contributed by atoms with van der Waals surface area (Å²) in [5.41, 5.74) is 0.735. The molecule has 0 atom stereocenters. The van der Waals surface area contributed by atoms with Gasteiger partial charge in [0, 0.05) is 24.7 Å². The maximum Gasteiger partial charge on any atom is 0.146 e. The van der Waals surface area contributed by atoms with Crippen molar-refractivity contribution in [2.45, 2.75) is 38.3 Å². The largest absolute Gasteiger partial charge is 0.317 e. The second kappa shape index (κ2) is 6.42. The maximum atomic E-state index is 14.1. The van der Waals surface area contributed by atoms with Gasteiger partial charge in [-0.1, -0.05) is 23.7 Å². The van der Waals surface area contributed by atoms with Crippen LogP contribution in [0.5, 0.6) is 0 Å². The highest BCUT2D eigenvalue weighted by molar-refractivity contribution is 6.30. The van der Waals surface area contributed by atoms with Gasteiger partial charge in [0.1, 0.15) is 5.82 Å². The highest BCUT2D eigenvalue weighted by Gasteiger charge is 2.31. The Balaban J connectivity index is 1.66. The van der Waals surface area contributed by atoms with Gasteiger partial charge >= 0.3 is 0 Å². The number of nitrogens with zero attached hydrogens (tertiary/aromatic N) is 1. The van der Waals surface area contributed by atoms with Crippen molar-refractivity contribution in [3.8, 4) is 0 Å². The molecule has 1 saturated carbocycles. The van der Waals surface area contributed by atoms with E-state index in [0.29, 0.717) is 12.6 Å². The molecule has 1 saturated heterocycles. The lowest BCUT2D eigenvalue weighted by atomic mass is 9.97. The Bertz CT molecular complexity index is 456. The average molecular weight is 297 g/mol. The summed E-state index contributed by atoms with van der Waals surface area (Å²) in [5, 5.41) is 3.64. The smallest absolute Gasteiger partial charge is 0.146 e. The zero-order chi connectivity index (χ0) is 13.9. The molecule has 110 valence electrons. The molecule has 0 aromatic heterocycles. The quantitative estimate of drug-likeness (QED) is 0.895. The van der Waals surface area contributed by atoms with Gasteiger partial charge in [-0.15, -0.1) is 0 Å². The van der Waals surface area contributed by atoms with Crippen molar-refractivity contribution in [2.24, 2.45) is 5.92 Å². The SMILES string of the molecule is Fc1c(Cl)cccc1CN(CC1CCNCC1)C1CC1. The summed E-state index contributed by atoms with van der Waals surface area (Å²) >= 11 is 5.88. The summed E-state index contributed by atoms with van der Waals surface area (Å²) in [6, 6.07) is 5.98. The molecule has 0 radical (unpaired) electrons. The van der Waals surface area contributed by atoms with E-state index in [2.05, 4.69) is 10.2 Å². The van der Waals surface area contributed by atoms with Gasteiger partial charge in [0.25, 0.3) is 0 Å². The van der Waals surface area contributed by atoms with Crippen molar-refractivity contribution in [2.75, 3.05) is 19.6 Å². The van der Waals surface area contributed by atoms with E-state index in [-0.39, 0.29) is 10.8 Å². The molecule has 1 aliphatic carbocycles. The second-order valence-corrected chi connectivity index (χ2v) is 6.47. The van der Waals surface area contributed by atoms with Crippen LogP contribution < -0.4 is 5.32 Å². The van der Waals surface area contributed by atoms with Crippen LogP contribution in [-0.2, 0) is 6.54 Å². The maximum absolute atomic E-state index is 14.1. The molecule has 4 heteroatoms. The summed E-state index contributed by atoms with van der Waals surface area (Å²) in [6.45, 7) is 4.03. The number of halogens is 2. The Morgan fingerprint density at radius 2 is 1.95 bits per heavy atom. The van der Waals surface area contributed by atoms with E-state index < -0.39 is 0 Å². The lowest BCUT2D eigenvalue weighted by Crippen LogP contribution is -2.37. The Labute approximate surface area is 125 Å². The predicted octanol–water partition coefficient (Wildman–Crippen LogP) is 3.44. The van der Waals surface area contributed by atoms with E-state index in [1.807, 2.05) is 12.1 Å². The van der Waals surface area contributed by atoms with Crippen LogP contribution in [0.15, 0.2) is 18.2 Å². The first-order chi connectivity index (χ1) is 9.74. The van der Waals surface area contributed by atoms with E-state index >= 15 is 0 Å². The van der Waals surface area contributed by atoms with E-state index in [4.69, 9.17) is 11.6 Å². The van der Waals surface area contributed by atoms with Crippen molar-refractivity contribution < 1.29 is 4.39 Å². The van der Waals surface area contributed by atoms with Gasteiger partial charge in [-0.25, -0.2) is 4.39 Å². The average Bonchev–Trinajstić information content (AvgIpc) is 3.29. The molecule has 1 aliphatic heterocycles. The van der Waals surface area contributed by atoms with Crippen LogP contribution in [0.2, 0.25) is 5.02 Å². The van der Waals surface area contributed by atoms with Crippen LogP contribution in [0, 0.1) is 11.7 Å². The third kappa shape index (κ3) is 3.51. The second-order valence-electron chi connectivity index (χ2n) is 6.07. The van der Waals surface area contributed by atoms with Crippen molar-refractivity contribution in [1.82, 2.24) is 10.2 Å². The lowest BCUT2D eigenvalue weighted by molar-refractivity contribution is 0.188. The van der Waals surface area contributed by atoms with Crippen LogP contribution in [0.4, 0.5) is 4.39 Å². The van der Waals surface area contributed by atoms with Crippen molar-refractivity contribution in [3.05, 3.63) is 34.6 Å². The summed E-state index contributed by atoms with van der Waals surface area (Å²) in [5.74, 6) is 0.504. The molecule has 3 rings (SSSR count). The molecule has 0 spiro atoms. The fourth-order valence-electron chi connectivity index (χ4n) is 3.07. The minimum atomic E-state index is -0.245. The van der Waals surface area contributed by atoms with Crippen molar-refractivity contribution >= 4 is 11.6 Å². The number of piperidine rings is 1. The highest BCUT2D eigenvalue weighted by atomic mass is 35.5. The minimum absolute atomic E-state index is 0.236. The van der Waals surface area contributed by atoms with E-state index in [9.17, 15) is 4.39 Å². The number of rotatable bonds is 5. The van der Waals surface area contributed by atoms with Gasteiger partial charge < -0.3 is 5.32 Å². The first-order valence-corrected chi connectivity index (χ1v) is 7.99. The van der Waals surface area contributed by atoms with Crippen molar-refractivity contribution in [1.29, 1.82) is 0 Å². The van der Waals surface area contributed by atoms with Crippen LogP contribution in [0.25, 0.3) is 0 Å². The Hall–Kier alpha value is -0.640. The molecular weight excluding hydrogens is 275 g/mol. The van der Waals surface area contributed by atoms with Gasteiger partial charge in [0.2, 0.25) is 0 Å². The van der Waals surface area contributed by atoms with Gasteiger partial charge in [-0.2, -0.15) is 0 Å². The molecule has 2 aliphatic rings. The Morgan fingerprint density at radius 3 is 2.65 bits per heavy atom. The summed E-state index contributed by atoms with van der Waals surface area (Å²) < 4.78 is 14.1. The lowest BCUT2D eigenvalue weighted by Gasteiger charge is -2.30. The number of hydrogen-bond acceptors (Lipinski definition) is 2. The molecule has 2 fully saturated rings. The highest BCUT2D eigenvalue weighted by Crippen LogP contribution is 2.31. The molecule has 1 heterocycles. The molecule has 1 N–H and O–H groups in total.